The molecule has 23 heavy (non-hydrogen) atoms. The molecule has 2 amide bonds. The fourth-order valence-corrected chi connectivity index (χ4v) is 2.19. The molecule has 3 nitrogen and oxygen atoms in total. The lowest BCUT2D eigenvalue weighted by Crippen LogP contribution is -2.26. The van der Waals surface area contributed by atoms with E-state index in [0.717, 1.165) is 16.8 Å². The van der Waals surface area contributed by atoms with E-state index in [1.807, 2.05) is 24.3 Å². The van der Waals surface area contributed by atoms with Crippen LogP contribution in [-0.4, -0.2) is 6.03 Å². The third kappa shape index (κ3) is 4.95. The quantitative estimate of drug-likeness (QED) is 0.830. The lowest BCUT2D eigenvalue weighted by molar-refractivity contribution is 0.255. The topological polar surface area (TPSA) is 41.1 Å². The highest BCUT2D eigenvalue weighted by molar-refractivity contribution is 5.91. The molecule has 0 aromatic heterocycles. The van der Waals surface area contributed by atoms with Gasteiger partial charge in [0.05, 0.1) is 0 Å². The first kappa shape index (κ1) is 16.7. The highest BCUT2D eigenvalue weighted by Gasteiger charge is 2.18. The van der Waals surface area contributed by atoms with Crippen LogP contribution in [0.25, 0.3) is 6.08 Å². The molecule has 2 aromatic carbocycles. The monoisotopic (exact) mass is 312 g/mol. The predicted octanol–water partition coefficient (Wildman–Crippen LogP) is 4.92. The summed E-state index contributed by atoms with van der Waals surface area (Å²) in [6, 6.07) is 13.4. The van der Waals surface area contributed by atoms with Gasteiger partial charge in [-0.15, -0.1) is 0 Å². The van der Waals surface area contributed by atoms with Crippen molar-refractivity contribution in [1.82, 2.24) is 5.32 Å². The van der Waals surface area contributed by atoms with Crippen LogP contribution in [0.1, 0.15) is 31.9 Å². The Morgan fingerprint density at radius 3 is 2.35 bits per heavy atom. The Labute approximate surface area is 136 Å². The van der Waals surface area contributed by atoms with Gasteiger partial charge in [-0.2, -0.15) is 0 Å². The molecular weight excluding hydrogens is 291 g/mol. The normalized spacial score (nSPS) is 11.5. The Bertz CT molecular complexity index is 700. The first-order valence-electron chi connectivity index (χ1n) is 7.45. The molecule has 0 radical (unpaired) electrons. The van der Waals surface area contributed by atoms with E-state index in [2.05, 4.69) is 31.4 Å². The molecule has 2 rings (SSSR count). The molecule has 0 heterocycles. The van der Waals surface area contributed by atoms with Crippen molar-refractivity contribution in [2.45, 2.75) is 26.2 Å². The summed E-state index contributed by atoms with van der Waals surface area (Å²) in [6.45, 7) is 6.29. The van der Waals surface area contributed by atoms with Crippen molar-refractivity contribution in [1.29, 1.82) is 0 Å². The molecule has 0 spiro atoms. The maximum absolute atomic E-state index is 12.8. The van der Waals surface area contributed by atoms with Crippen LogP contribution in [0, 0.1) is 5.82 Å². The lowest BCUT2D eigenvalue weighted by Gasteiger charge is -2.22. The van der Waals surface area contributed by atoms with Crippen molar-refractivity contribution < 1.29 is 9.18 Å². The van der Waals surface area contributed by atoms with E-state index in [4.69, 9.17) is 0 Å². The maximum Gasteiger partial charge on any atom is 0.323 e. The van der Waals surface area contributed by atoms with Crippen LogP contribution < -0.4 is 10.6 Å². The molecule has 0 bridgehead atoms. The van der Waals surface area contributed by atoms with Crippen LogP contribution >= 0.6 is 0 Å². The Kier molecular flexibility index (Phi) is 5.16. The highest BCUT2D eigenvalue weighted by atomic mass is 19.1. The van der Waals surface area contributed by atoms with Gasteiger partial charge in [0.2, 0.25) is 0 Å². The number of hydrogen-bond donors (Lipinski definition) is 2. The molecule has 0 aliphatic heterocycles. The van der Waals surface area contributed by atoms with Crippen molar-refractivity contribution in [3.8, 4) is 0 Å². The van der Waals surface area contributed by atoms with Gasteiger partial charge < -0.3 is 10.6 Å². The van der Waals surface area contributed by atoms with Gasteiger partial charge in [0.15, 0.2) is 0 Å². The van der Waals surface area contributed by atoms with E-state index in [-0.39, 0.29) is 17.3 Å². The zero-order valence-electron chi connectivity index (χ0n) is 13.6. The molecule has 0 unspecified atom stereocenters. The second kappa shape index (κ2) is 7.09. The fourth-order valence-electron chi connectivity index (χ4n) is 2.19. The van der Waals surface area contributed by atoms with Crippen molar-refractivity contribution in [3.05, 3.63) is 71.7 Å². The summed E-state index contributed by atoms with van der Waals surface area (Å²) < 4.78 is 12.8. The number of carbonyl (C=O) groups is 1. The first-order valence-corrected chi connectivity index (χ1v) is 7.45. The second-order valence-electron chi connectivity index (χ2n) is 6.28. The van der Waals surface area contributed by atoms with Gasteiger partial charge in [0.1, 0.15) is 5.82 Å². The third-order valence-corrected chi connectivity index (χ3v) is 3.34. The maximum atomic E-state index is 12.8. The molecule has 0 atom stereocenters. The summed E-state index contributed by atoms with van der Waals surface area (Å²) in [6.07, 6.45) is 3.23. The molecular formula is C19H21FN2O. The van der Waals surface area contributed by atoms with E-state index in [1.165, 1.54) is 18.3 Å². The predicted molar refractivity (Wildman–Crippen MR) is 92.7 cm³/mol. The number of nitrogens with one attached hydrogen (secondary N) is 2. The van der Waals surface area contributed by atoms with E-state index in [0.29, 0.717) is 0 Å². The molecule has 4 heteroatoms. The minimum absolute atomic E-state index is 0.0617. The van der Waals surface area contributed by atoms with Gasteiger partial charge >= 0.3 is 6.03 Å². The molecule has 2 N–H and O–H groups in total. The summed E-state index contributed by atoms with van der Waals surface area (Å²) >= 11 is 0. The van der Waals surface area contributed by atoms with Gasteiger partial charge in [0, 0.05) is 11.9 Å². The minimum atomic E-state index is -0.319. The SMILES string of the molecule is CC(C)(C)c1ccccc1NC(=O)N/C=C/c1ccc(F)cc1. The number of urea groups is 1. The third-order valence-electron chi connectivity index (χ3n) is 3.34. The second-order valence-corrected chi connectivity index (χ2v) is 6.28. The number of benzene rings is 2. The largest absolute Gasteiger partial charge is 0.323 e. The van der Waals surface area contributed by atoms with Crippen molar-refractivity contribution in [2.75, 3.05) is 5.32 Å². The molecule has 0 aliphatic carbocycles. The number of anilines is 1. The summed E-state index contributed by atoms with van der Waals surface area (Å²) in [7, 11) is 0. The van der Waals surface area contributed by atoms with Gasteiger partial charge in [-0.25, -0.2) is 9.18 Å². The number of para-hydroxylation sites is 1. The molecule has 0 aliphatic rings. The van der Waals surface area contributed by atoms with Crippen LogP contribution in [0.3, 0.4) is 0 Å². The highest BCUT2D eigenvalue weighted by Crippen LogP contribution is 2.29. The zero-order valence-corrected chi connectivity index (χ0v) is 13.6. The molecule has 2 aromatic rings. The summed E-state index contributed by atoms with van der Waals surface area (Å²) in [5, 5.41) is 5.50. The summed E-state index contributed by atoms with van der Waals surface area (Å²) in [4.78, 5) is 12.0. The van der Waals surface area contributed by atoms with Gasteiger partial charge in [-0.1, -0.05) is 51.1 Å². The number of amides is 2. The Balaban J connectivity index is 1.99. The average Bonchev–Trinajstić information content (AvgIpc) is 2.49. The number of carbonyl (C=O) groups excluding carboxylic acids is 1. The van der Waals surface area contributed by atoms with Crippen LogP contribution in [0.2, 0.25) is 0 Å². The zero-order chi connectivity index (χ0) is 16.9. The van der Waals surface area contributed by atoms with E-state index < -0.39 is 0 Å². The number of hydrogen-bond acceptors (Lipinski definition) is 1. The Morgan fingerprint density at radius 2 is 1.70 bits per heavy atom. The number of halogens is 1. The summed E-state index contributed by atoms with van der Waals surface area (Å²) in [5.41, 5.74) is 2.60. The molecule has 0 saturated carbocycles. The Morgan fingerprint density at radius 1 is 1.04 bits per heavy atom. The van der Waals surface area contributed by atoms with Crippen molar-refractivity contribution in [2.24, 2.45) is 0 Å². The smallest absolute Gasteiger partial charge is 0.314 e. The lowest BCUT2D eigenvalue weighted by atomic mass is 9.86. The first-order chi connectivity index (χ1) is 10.9. The molecule has 0 fully saturated rings. The molecule has 120 valence electrons. The standard InChI is InChI=1S/C19H21FN2O/c1-19(2,3)16-6-4-5-7-17(16)22-18(23)21-13-12-14-8-10-15(20)11-9-14/h4-13H,1-3H3,(H2,21,22,23)/b13-12+. The fraction of sp³-hybridized carbons (Fsp3) is 0.211. The molecule has 0 saturated heterocycles. The average molecular weight is 312 g/mol. The van der Waals surface area contributed by atoms with Crippen molar-refractivity contribution >= 4 is 17.8 Å². The number of rotatable bonds is 3. The van der Waals surface area contributed by atoms with Gasteiger partial charge in [0.25, 0.3) is 0 Å². The van der Waals surface area contributed by atoms with Crippen LogP contribution in [0.4, 0.5) is 14.9 Å². The van der Waals surface area contributed by atoms with Crippen LogP contribution in [0.15, 0.2) is 54.7 Å². The Hall–Kier alpha value is -2.62. The van der Waals surface area contributed by atoms with Gasteiger partial charge in [-0.05, 0) is 40.8 Å². The van der Waals surface area contributed by atoms with Crippen LogP contribution in [-0.2, 0) is 5.41 Å². The van der Waals surface area contributed by atoms with E-state index in [9.17, 15) is 9.18 Å². The summed E-state index contributed by atoms with van der Waals surface area (Å²) in [5.74, 6) is -0.286. The van der Waals surface area contributed by atoms with Crippen molar-refractivity contribution in [3.63, 3.8) is 0 Å². The van der Waals surface area contributed by atoms with Crippen LogP contribution in [0.5, 0.6) is 0 Å². The van der Waals surface area contributed by atoms with Gasteiger partial charge in [-0.3, -0.25) is 0 Å². The van der Waals surface area contributed by atoms with E-state index >= 15 is 0 Å². The minimum Gasteiger partial charge on any atom is -0.314 e. The van der Waals surface area contributed by atoms with E-state index in [1.54, 1.807) is 18.2 Å².